The Morgan fingerprint density at radius 3 is 2.40 bits per heavy atom. The SMILES string of the molecule is Cc1cc(CS(=O)(=O)Cl)cc(F)c1CF. The van der Waals surface area contributed by atoms with Gasteiger partial charge in [-0.1, -0.05) is 6.07 Å². The number of hydrogen-bond acceptors (Lipinski definition) is 2. The van der Waals surface area contributed by atoms with Crippen LogP contribution in [0.2, 0.25) is 0 Å². The number of aryl methyl sites for hydroxylation is 1. The zero-order valence-corrected chi connectivity index (χ0v) is 9.50. The van der Waals surface area contributed by atoms with E-state index in [0.717, 1.165) is 6.07 Å². The highest BCUT2D eigenvalue weighted by molar-refractivity contribution is 8.13. The van der Waals surface area contributed by atoms with Gasteiger partial charge in [0.2, 0.25) is 9.05 Å². The molecular weight excluding hydrogens is 246 g/mol. The van der Waals surface area contributed by atoms with E-state index in [4.69, 9.17) is 10.7 Å². The third kappa shape index (κ3) is 3.43. The lowest BCUT2D eigenvalue weighted by molar-refractivity contribution is 0.461. The fourth-order valence-corrected chi connectivity index (χ4v) is 2.24. The Morgan fingerprint density at radius 2 is 2.00 bits per heavy atom. The first-order chi connectivity index (χ1) is 6.83. The Kier molecular flexibility index (Phi) is 3.67. The molecule has 0 aliphatic heterocycles. The van der Waals surface area contributed by atoms with Crippen LogP contribution in [0.25, 0.3) is 0 Å². The Hall–Kier alpha value is -0.680. The van der Waals surface area contributed by atoms with E-state index in [1.165, 1.54) is 13.0 Å². The van der Waals surface area contributed by atoms with Gasteiger partial charge in [0, 0.05) is 16.2 Å². The normalized spacial score (nSPS) is 11.7. The van der Waals surface area contributed by atoms with Crippen molar-refractivity contribution in [2.45, 2.75) is 19.4 Å². The van der Waals surface area contributed by atoms with E-state index in [9.17, 15) is 17.2 Å². The highest BCUT2D eigenvalue weighted by Gasteiger charge is 2.12. The largest absolute Gasteiger partial charge is 0.246 e. The molecule has 0 heterocycles. The highest BCUT2D eigenvalue weighted by Crippen LogP contribution is 2.19. The molecule has 0 saturated carbocycles. The zero-order chi connectivity index (χ0) is 11.6. The van der Waals surface area contributed by atoms with Crippen molar-refractivity contribution >= 4 is 19.7 Å². The second-order valence-electron chi connectivity index (χ2n) is 3.19. The molecular formula is C9H9ClF2O2S. The van der Waals surface area contributed by atoms with E-state index in [-0.39, 0.29) is 11.1 Å². The first kappa shape index (κ1) is 12.4. The summed E-state index contributed by atoms with van der Waals surface area (Å²) in [5.41, 5.74) is 0.552. The third-order valence-corrected chi connectivity index (χ3v) is 2.96. The van der Waals surface area contributed by atoms with Crippen molar-refractivity contribution < 1.29 is 17.2 Å². The molecule has 0 bridgehead atoms. The maximum absolute atomic E-state index is 13.2. The summed E-state index contributed by atoms with van der Waals surface area (Å²) in [5.74, 6) is -1.20. The van der Waals surface area contributed by atoms with Crippen LogP contribution in [-0.2, 0) is 21.5 Å². The molecule has 0 unspecified atom stereocenters. The molecule has 1 rings (SSSR count). The van der Waals surface area contributed by atoms with E-state index < -0.39 is 27.3 Å². The maximum Gasteiger partial charge on any atom is 0.236 e. The first-order valence-corrected chi connectivity index (χ1v) is 6.57. The average Bonchev–Trinajstić information content (AvgIpc) is 1.99. The second-order valence-corrected chi connectivity index (χ2v) is 5.97. The van der Waals surface area contributed by atoms with Crippen LogP contribution in [-0.4, -0.2) is 8.42 Å². The van der Waals surface area contributed by atoms with Crippen LogP contribution in [0.4, 0.5) is 8.78 Å². The number of halogens is 3. The lowest BCUT2D eigenvalue weighted by Crippen LogP contribution is -1.99. The van der Waals surface area contributed by atoms with E-state index in [0.29, 0.717) is 5.56 Å². The molecule has 0 aliphatic rings. The summed E-state index contributed by atoms with van der Waals surface area (Å²) < 4.78 is 47.0. The molecule has 0 fully saturated rings. The van der Waals surface area contributed by atoms with Crippen LogP contribution < -0.4 is 0 Å². The lowest BCUT2D eigenvalue weighted by Gasteiger charge is -2.06. The first-order valence-electron chi connectivity index (χ1n) is 4.09. The van der Waals surface area contributed by atoms with Gasteiger partial charge in [0.1, 0.15) is 12.5 Å². The maximum atomic E-state index is 13.2. The summed E-state index contributed by atoms with van der Waals surface area (Å²) in [4.78, 5) is 0. The quantitative estimate of drug-likeness (QED) is 0.777. The van der Waals surface area contributed by atoms with Crippen molar-refractivity contribution in [3.63, 3.8) is 0 Å². The lowest BCUT2D eigenvalue weighted by atomic mass is 10.1. The summed E-state index contributed by atoms with van der Waals surface area (Å²) in [6.07, 6.45) is 0. The fourth-order valence-electron chi connectivity index (χ4n) is 1.30. The molecule has 0 saturated heterocycles. The summed E-state index contributed by atoms with van der Waals surface area (Å²) in [6.45, 7) is 0.605. The van der Waals surface area contributed by atoms with E-state index in [1.54, 1.807) is 0 Å². The minimum absolute atomic E-state index is 0.0503. The Bertz CT molecular complexity index is 448. The van der Waals surface area contributed by atoms with E-state index >= 15 is 0 Å². The van der Waals surface area contributed by atoms with Gasteiger partial charge in [-0.3, -0.25) is 0 Å². The van der Waals surface area contributed by atoms with Crippen molar-refractivity contribution in [2.24, 2.45) is 0 Å². The summed E-state index contributed by atoms with van der Waals surface area (Å²) in [6, 6.07) is 2.40. The minimum atomic E-state index is -3.72. The zero-order valence-electron chi connectivity index (χ0n) is 7.93. The second kappa shape index (κ2) is 4.45. The number of hydrogen-bond donors (Lipinski definition) is 0. The molecule has 6 heteroatoms. The van der Waals surface area contributed by atoms with Gasteiger partial charge in [-0.05, 0) is 24.1 Å². The van der Waals surface area contributed by atoms with Crippen LogP contribution in [0.15, 0.2) is 12.1 Å². The number of benzene rings is 1. The van der Waals surface area contributed by atoms with Gasteiger partial charge in [-0.15, -0.1) is 0 Å². The molecule has 0 aromatic heterocycles. The molecule has 0 atom stereocenters. The summed E-state index contributed by atoms with van der Waals surface area (Å²) in [5, 5.41) is 0. The minimum Gasteiger partial charge on any atom is -0.246 e. The van der Waals surface area contributed by atoms with Crippen LogP contribution in [0.5, 0.6) is 0 Å². The van der Waals surface area contributed by atoms with Gasteiger partial charge in [0.05, 0.1) is 5.75 Å². The average molecular weight is 255 g/mol. The van der Waals surface area contributed by atoms with E-state index in [2.05, 4.69) is 0 Å². The third-order valence-electron chi connectivity index (χ3n) is 1.95. The van der Waals surface area contributed by atoms with Gasteiger partial charge in [-0.2, -0.15) is 0 Å². The van der Waals surface area contributed by atoms with Crippen LogP contribution >= 0.6 is 10.7 Å². The van der Waals surface area contributed by atoms with Gasteiger partial charge >= 0.3 is 0 Å². The van der Waals surface area contributed by atoms with Crippen molar-refractivity contribution in [1.29, 1.82) is 0 Å². The summed E-state index contributed by atoms with van der Waals surface area (Å²) >= 11 is 0. The van der Waals surface area contributed by atoms with Crippen molar-refractivity contribution in [1.82, 2.24) is 0 Å². The fraction of sp³-hybridized carbons (Fsp3) is 0.333. The smallest absolute Gasteiger partial charge is 0.236 e. The van der Waals surface area contributed by atoms with Crippen LogP contribution in [0, 0.1) is 12.7 Å². The highest BCUT2D eigenvalue weighted by atomic mass is 35.7. The molecule has 0 amide bonds. The van der Waals surface area contributed by atoms with Gasteiger partial charge in [-0.25, -0.2) is 17.2 Å². The Morgan fingerprint density at radius 1 is 1.40 bits per heavy atom. The van der Waals surface area contributed by atoms with Crippen LogP contribution in [0.3, 0.4) is 0 Å². The topological polar surface area (TPSA) is 34.1 Å². The molecule has 84 valence electrons. The van der Waals surface area contributed by atoms with Gasteiger partial charge < -0.3 is 0 Å². The summed E-state index contributed by atoms with van der Waals surface area (Å²) in [7, 11) is 1.30. The molecule has 15 heavy (non-hydrogen) atoms. The van der Waals surface area contributed by atoms with E-state index in [1.807, 2.05) is 0 Å². The molecule has 2 nitrogen and oxygen atoms in total. The Labute approximate surface area is 91.3 Å². The standard InChI is InChI=1S/C9H9ClF2O2S/c1-6-2-7(5-15(10,13)14)3-9(12)8(6)4-11/h2-3H,4-5H2,1H3. The molecule has 0 N–H and O–H groups in total. The van der Waals surface area contributed by atoms with Crippen molar-refractivity contribution in [2.75, 3.05) is 0 Å². The van der Waals surface area contributed by atoms with Crippen molar-refractivity contribution in [3.05, 3.63) is 34.6 Å². The van der Waals surface area contributed by atoms with Gasteiger partial charge in [0.25, 0.3) is 0 Å². The van der Waals surface area contributed by atoms with Crippen LogP contribution in [0.1, 0.15) is 16.7 Å². The number of alkyl halides is 1. The number of rotatable bonds is 3. The molecule has 0 radical (unpaired) electrons. The molecule has 1 aromatic rings. The monoisotopic (exact) mass is 254 g/mol. The van der Waals surface area contributed by atoms with Gasteiger partial charge in [0.15, 0.2) is 0 Å². The van der Waals surface area contributed by atoms with Crippen molar-refractivity contribution in [3.8, 4) is 0 Å². The molecule has 0 spiro atoms. The molecule has 1 aromatic carbocycles. The predicted octanol–water partition coefficient (Wildman–Crippen LogP) is 2.67. The predicted molar refractivity (Wildman–Crippen MR) is 54.4 cm³/mol. The Balaban J connectivity index is 3.15. The molecule has 0 aliphatic carbocycles.